The van der Waals surface area contributed by atoms with Crippen LogP contribution in [0.25, 0.3) is 6.08 Å². The van der Waals surface area contributed by atoms with Crippen LogP contribution in [0, 0.1) is 6.92 Å². The molecule has 0 radical (unpaired) electrons. The molecule has 1 aliphatic heterocycles. The number of thioether (sulfide) groups is 1. The molecule has 2 aromatic carbocycles. The minimum Gasteiger partial charge on any atom is -0.493 e. The van der Waals surface area contributed by atoms with Crippen LogP contribution in [0.2, 0.25) is 0 Å². The number of carbonyl (C=O) groups excluding carboxylic acids is 1. The highest BCUT2D eigenvalue weighted by atomic mass is 32.2. The van der Waals surface area contributed by atoms with E-state index in [4.69, 9.17) is 14.5 Å². The maximum Gasteiger partial charge on any atom is 0.267 e. The number of benzene rings is 2. The van der Waals surface area contributed by atoms with Crippen molar-refractivity contribution in [2.24, 2.45) is 4.99 Å². The van der Waals surface area contributed by atoms with Crippen LogP contribution in [-0.4, -0.2) is 35.7 Å². The molecule has 1 heterocycles. The van der Waals surface area contributed by atoms with Gasteiger partial charge in [0, 0.05) is 11.6 Å². The Balaban J connectivity index is 2.02. The van der Waals surface area contributed by atoms with Gasteiger partial charge in [-0.3, -0.25) is 9.69 Å². The third-order valence-corrected chi connectivity index (χ3v) is 5.97. The smallest absolute Gasteiger partial charge is 0.267 e. The molecule has 1 fully saturated rings. The zero-order valence-corrected chi connectivity index (χ0v) is 19.2. The molecule has 0 N–H and O–H groups in total. The van der Waals surface area contributed by atoms with Crippen molar-refractivity contribution in [1.82, 2.24) is 4.90 Å². The van der Waals surface area contributed by atoms with Gasteiger partial charge in [-0.15, -0.1) is 0 Å². The van der Waals surface area contributed by atoms with Gasteiger partial charge >= 0.3 is 0 Å². The molecule has 1 amide bonds. The van der Waals surface area contributed by atoms with Gasteiger partial charge in [-0.1, -0.05) is 49.4 Å². The highest BCUT2D eigenvalue weighted by Gasteiger charge is 2.36. The van der Waals surface area contributed by atoms with Gasteiger partial charge in [0.25, 0.3) is 5.91 Å². The number of amides is 1. The lowest BCUT2D eigenvalue weighted by molar-refractivity contribution is -0.123. The van der Waals surface area contributed by atoms with Crippen molar-refractivity contribution in [2.75, 3.05) is 13.7 Å². The predicted octanol–water partition coefficient (Wildman–Crippen LogP) is 5.97. The van der Waals surface area contributed by atoms with Gasteiger partial charge in [0.05, 0.1) is 17.7 Å². The highest BCUT2D eigenvalue weighted by molar-refractivity contribution is 8.18. The average Bonchev–Trinajstić information content (AvgIpc) is 3.08. The molecular formula is C25H28N2O3S. The molecule has 5 nitrogen and oxygen atoms in total. The van der Waals surface area contributed by atoms with Crippen LogP contribution in [0.5, 0.6) is 11.5 Å². The second-order valence-corrected chi connectivity index (χ2v) is 8.26. The number of aliphatic imine (C=N–C) groups is 1. The summed E-state index contributed by atoms with van der Waals surface area (Å²) in [5, 5.41) is 0.686. The molecule has 0 unspecified atom stereocenters. The fourth-order valence-electron chi connectivity index (χ4n) is 3.11. The van der Waals surface area contributed by atoms with Crippen LogP contribution in [-0.2, 0) is 4.79 Å². The fraction of sp³-hybridized carbons (Fsp3) is 0.280. The van der Waals surface area contributed by atoms with Crippen LogP contribution in [0.4, 0.5) is 5.69 Å². The second kappa shape index (κ2) is 10.4. The normalized spacial score (nSPS) is 17.3. The van der Waals surface area contributed by atoms with E-state index in [1.807, 2.05) is 62.4 Å². The predicted molar refractivity (Wildman–Crippen MR) is 129 cm³/mol. The van der Waals surface area contributed by atoms with E-state index in [1.165, 1.54) is 17.3 Å². The second-order valence-electron chi connectivity index (χ2n) is 7.25. The number of rotatable bonds is 8. The summed E-state index contributed by atoms with van der Waals surface area (Å²) in [6.07, 6.45) is 4.36. The zero-order chi connectivity index (χ0) is 22.4. The number of methoxy groups -OCH3 is 1. The number of ether oxygens (including phenoxy) is 2. The van der Waals surface area contributed by atoms with Crippen LogP contribution in [0.1, 0.15) is 31.4 Å². The molecule has 31 heavy (non-hydrogen) atoms. The van der Waals surface area contributed by atoms with Crippen LogP contribution < -0.4 is 9.47 Å². The Bertz CT molecular complexity index is 1010. The first-order valence-electron chi connectivity index (χ1n) is 10.3. The van der Waals surface area contributed by atoms with Gasteiger partial charge in [0.2, 0.25) is 0 Å². The summed E-state index contributed by atoms with van der Waals surface area (Å²) in [7, 11) is 1.60. The van der Waals surface area contributed by atoms with E-state index < -0.39 is 0 Å². The Hall–Kier alpha value is -2.99. The molecular weight excluding hydrogens is 408 g/mol. The summed E-state index contributed by atoms with van der Waals surface area (Å²) >= 11 is 1.38. The molecule has 1 saturated heterocycles. The van der Waals surface area contributed by atoms with E-state index in [0.29, 0.717) is 28.2 Å². The van der Waals surface area contributed by atoms with Crippen LogP contribution in [0.15, 0.2) is 65.0 Å². The number of aryl methyl sites for hydroxylation is 1. The van der Waals surface area contributed by atoms with Gasteiger partial charge in [0.15, 0.2) is 16.7 Å². The van der Waals surface area contributed by atoms with E-state index >= 15 is 0 Å². The number of hydrogen-bond donors (Lipinski definition) is 0. The van der Waals surface area contributed by atoms with Crippen molar-refractivity contribution in [1.29, 1.82) is 0 Å². The zero-order valence-electron chi connectivity index (χ0n) is 18.4. The summed E-state index contributed by atoms with van der Waals surface area (Å²) in [5.41, 5.74) is 2.77. The summed E-state index contributed by atoms with van der Waals surface area (Å²) in [6, 6.07) is 13.6. The Labute approximate surface area is 188 Å². The van der Waals surface area contributed by atoms with Crippen molar-refractivity contribution in [3.05, 3.63) is 71.2 Å². The SMILES string of the molecule is C=CCOc1c(/C=C2/SC(=Nc3ccc(C)cc3)N([C@@H](C)CC)C2=O)cccc1OC. The van der Waals surface area contributed by atoms with E-state index in [2.05, 4.69) is 13.5 Å². The average molecular weight is 437 g/mol. The molecule has 0 aromatic heterocycles. The monoisotopic (exact) mass is 436 g/mol. The minimum atomic E-state index is -0.0531. The Morgan fingerprint density at radius 1 is 1.23 bits per heavy atom. The molecule has 0 aliphatic carbocycles. The van der Waals surface area contributed by atoms with Crippen molar-refractivity contribution in [3.63, 3.8) is 0 Å². The van der Waals surface area contributed by atoms with E-state index in [9.17, 15) is 4.79 Å². The molecule has 162 valence electrons. The van der Waals surface area contributed by atoms with Gasteiger partial charge in [0.1, 0.15) is 6.61 Å². The maximum absolute atomic E-state index is 13.3. The van der Waals surface area contributed by atoms with Crippen molar-refractivity contribution in [2.45, 2.75) is 33.2 Å². The van der Waals surface area contributed by atoms with Crippen LogP contribution >= 0.6 is 11.8 Å². The molecule has 1 aliphatic rings. The molecule has 2 aromatic rings. The number of amidine groups is 1. The molecule has 1 atom stereocenters. The molecule has 0 spiro atoms. The largest absolute Gasteiger partial charge is 0.493 e. The summed E-state index contributed by atoms with van der Waals surface area (Å²) in [5.74, 6) is 1.14. The Morgan fingerprint density at radius 3 is 2.61 bits per heavy atom. The fourth-order valence-corrected chi connectivity index (χ4v) is 4.19. The lowest BCUT2D eigenvalue weighted by atomic mass is 10.1. The Kier molecular flexibility index (Phi) is 7.58. The molecule has 3 rings (SSSR count). The van der Waals surface area contributed by atoms with Crippen molar-refractivity contribution in [3.8, 4) is 11.5 Å². The van der Waals surface area contributed by atoms with Crippen molar-refractivity contribution >= 4 is 34.6 Å². The van der Waals surface area contributed by atoms with E-state index in [1.54, 1.807) is 18.1 Å². The lowest BCUT2D eigenvalue weighted by Crippen LogP contribution is -2.36. The third-order valence-electron chi connectivity index (χ3n) is 4.99. The standard InChI is InChI=1S/C25H28N2O3S/c1-6-15-30-23-19(9-8-10-21(23)29-5)16-22-24(28)27(18(4)7-2)25(31-22)26-20-13-11-17(3)12-14-20/h6,8-14,16,18H,1,7,15H2,2-5H3/b22-16+,26-25?/t18-/m0/s1. The number of hydrogen-bond acceptors (Lipinski definition) is 5. The van der Waals surface area contributed by atoms with Crippen molar-refractivity contribution < 1.29 is 14.3 Å². The number of carbonyl (C=O) groups is 1. The molecule has 0 saturated carbocycles. The summed E-state index contributed by atoms with van der Waals surface area (Å²) in [6.45, 7) is 10.2. The lowest BCUT2D eigenvalue weighted by Gasteiger charge is -2.22. The summed E-state index contributed by atoms with van der Waals surface area (Å²) in [4.78, 5) is 20.5. The first-order chi connectivity index (χ1) is 15.0. The third kappa shape index (κ3) is 5.20. The van der Waals surface area contributed by atoms with E-state index in [-0.39, 0.29) is 11.9 Å². The van der Waals surface area contributed by atoms with Gasteiger partial charge in [-0.2, -0.15) is 0 Å². The van der Waals surface area contributed by atoms with Crippen LogP contribution in [0.3, 0.4) is 0 Å². The highest BCUT2D eigenvalue weighted by Crippen LogP contribution is 2.39. The first kappa shape index (κ1) is 22.7. The maximum atomic E-state index is 13.3. The number of para-hydroxylation sites is 1. The first-order valence-corrected chi connectivity index (χ1v) is 11.1. The Morgan fingerprint density at radius 2 is 1.97 bits per heavy atom. The molecule has 6 heteroatoms. The van der Waals surface area contributed by atoms with Gasteiger partial charge in [-0.25, -0.2) is 4.99 Å². The molecule has 0 bridgehead atoms. The topological polar surface area (TPSA) is 51.1 Å². The summed E-state index contributed by atoms with van der Waals surface area (Å²) < 4.78 is 11.3. The number of nitrogens with zero attached hydrogens (tertiary/aromatic N) is 2. The van der Waals surface area contributed by atoms with E-state index in [0.717, 1.165) is 17.7 Å². The van der Waals surface area contributed by atoms with Gasteiger partial charge in [-0.05, 0) is 56.3 Å². The minimum absolute atomic E-state index is 0.0388. The quantitative estimate of drug-likeness (QED) is 0.378. The van der Waals surface area contributed by atoms with Gasteiger partial charge < -0.3 is 9.47 Å².